The highest BCUT2D eigenvalue weighted by atomic mass is 35.5. The van der Waals surface area contributed by atoms with Crippen LogP contribution in [-0.4, -0.2) is 32.4 Å². The molecule has 148 valence electrons. The summed E-state index contributed by atoms with van der Waals surface area (Å²) in [5.74, 6) is -0.541. The average Bonchev–Trinajstić information content (AvgIpc) is 2.61. The number of rotatable bonds is 3. The summed E-state index contributed by atoms with van der Waals surface area (Å²) in [7, 11) is -4.44. The Morgan fingerprint density at radius 3 is 2.44 bits per heavy atom. The summed E-state index contributed by atoms with van der Waals surface area (Å²) in [6.45, 7) is 0.450. The van der Waals surface area contributed by atoms with E-state index in [1.807, 2.05) is 0 Å². The number of piperazine rings is 1. The molecule has 1 heterocycles. The molecule has 0 aromatic heterocycles. The highest BCUT2D eigenvalue weighted by molar-refractivity contribution is 7.89. The predicted octanol–water partition coefficient (Wildman–Crippen LogP) is 3.60. The van der Waals surface area contributed by atoms with Crippen molar-refractivity contribution in [2.75, 3.05) is 19.6 Å². The van der Waals surface area contributed by atoms with Crippen molar-refractivity contribution in [3.05, 3.63) is 65.5 Å². The van der Waals surface area contributed by atoms with Gasteiger partial charge >= 0.3 is 6.18 Å². The zero-order valence-corrected chi connectivity index (χ0v) is 15.5. The Bertz CT molecular complexity index is 906. The largest absolute Gasteiger partial charge is 0.417 e. The molecule has 1 fully saturated rings. The van der Waals surface area contributed by atoms with Gasteiger partial charge in [0.15, 0.2) is 0 Å². The van der Waals surface area contributed by atoms with Gasteiger partial charge < -0.3 is 5.32 Å². The number of sulfonamides is 1. The minimum atomic E-state index is -4.80. The van der Waals surface area contributed by atoms with E-state index in [-0.39, 0.29) is 25.5 Å². The molecule has 0 bridgehead atoms. The van der Waals surface area contributed by atoms with Gasteiger partial charge in [-0.1, -0.05) is 24.3 Å². The first kappa shape index (κ1) is 21.6. The van der Waals surface area contributed by atoms with Gasteiger partial charge in [-0.25, -0.2) is 12.8 Å². The van der Waals surface area contributed by atoms with Crippen LogP contribution in [0.25, 0.3) is 0 Å². The standard InChI is InChI=1S/C17H16F4N2O2S.ClH/c18-13-5-3-4-12(10-13)15-11-22-8-9-23(15)26(24,25)16-7-2-1-6-14(16)17(19,20)21;/h1-7,10,15,22H,8-9,11H2;1H. The van der Waals surface area contributed by atoms with Crippen molar-refractivity contribution in [2.24, 2.45) is 0 Å². The molecule has 1 saturated heterocycles. The molecule has 27 heavy (non-hydrogen) atoms. The van der Waals surface area contributed by atoms with E-state index in [4.69, 9.17) is 0 Å². The lowest BCUT2D eigenvalue weighted by Gasteiger charge is -2.36. The Balaban J connectivity index is 0.00000261. The van der Waals surface area contributed by atoms with Gasteiger partial charge in [-0.05, 0) is 29.8 Å². The first-order valence-corrected chi connectivity index (χ1v) is 9.29. The average molecular weight is 425 g/mol. The maximum atomic E-state index is 13.6. The summed E-state index contributed by atoms with van der Waals surface area (Å²) >= 11 is 0. The molecule has 2 aromatic rings. The highest BCUT2D eigenvalue weighted by Gasteiger charge is 2.41. The summed E-state index contributed by atoms with van der Waals surface area (Å²) in [6.07, 6.45) is -4.80. The van der Waals surface area contributed by atoms with Crippen molar-refractivity contribution in [2.45, 2.75) is 17.1 Å². The fraction of sp³-hybridized carbons (Fsp3) is 0.294. The minimum absolute atomic E-state index is 0. The SMILES string of the molecule is Cl.O=S(=O)(c1ccccc1C(F)(F)F)N1CCNCC1c1cccc(F)c1. The summed E-state index contributed by atoms with van der Waals surface area (Å²) in [6, 6.07) is 8.69. The maximum Gasteiger partial charge on any atom is 0.417 e. The number of hydrogen-bond acceptors (Lipinski definition) is 3. The monoisotopic (exact) mass is 424 g/mol. The smallest absolute Gasteiger partial charge is 0.313 e. The fourth-order valence-electron chi connectivity index (χ4n) is 3.02. The van der Waals surface area contributed by atoms with Crippen molar-refractivity contribution in [1.82, 2.24) is 9.62 Å². The van der Waals surface area contributed by atoms with Gasteiger partial charge in [-0.15, -0.1) is 12.4 Å². The van der Waals surface area contributed by atoms with E-state index in [1.54, 1.807) is 6.07 Å². The Hall–Kier alpha value is -1.68. The van der Waals surface area contributed by atoms with E-state index < -0.39 is 38.5 Å². The molecule has 0 saturated carbocycles. The number of nitrogens with zero attached hydrogens (tertiary/aromatic N) is 1. The predicted molar refractivity (Wildman–Crippen MR) is 94.6 cm³/mol. The summed E-state index contributed by atoms with van der Waals surface area (Å²) in [4.78, 5) is -0.796. The van der Waals surface area contributed by atoms with Crippen molar-refractivity contribution in [3.63, 3.8) is 0 Å². The van der Waals surface area contributed by atoms with Crippen LogP contribution in [0.15, 0.2) is 53.4 Å². The number of hydrogen-bond donors (Lipinski definition) is 1. The van der Waals surface area contributed by atoms with E-state index in [0.29, 0.717) is 12.1 Å². The first-order valence-electron chi connectivity index (χ1n) is 7.85. The molecule has 10 heteroatoms. The lowest BCUT2D eigenvalue weighted by molar-refractivity contribution is -0.139. The van der Waals surface area contributed by atoms with Crippen molar-refractivity contribution in [1.29, 1.82) is 0 Å². The molecule has 0 spiro atoms. The summed E-state index contributed by atoms with van der Waals surface area (Å²) in [5, 5.41) is 3.00. The topological polar surface area (TPSA) is 49.4 Å². The molecule has 2 aromatic carbocycles. The van der Waals surface area contributed by atoms with Crippen LogP contribution >= 0.6 is 12.4 Å². The van der Waals surface area contributed by atoms with Crippen LogP contribution in [0, 0.1) is 5.82 Å². The number of alkyl halides is 3. The van der Waals surface area contributed by atoms with E-state index in [2.05, 4.69) is 5.32 Å². The second-order valence-electron chi connectivity index (χ2n) is 5.88. The molecule has 1 aliphatic heterocycles. The van der Waals surface area contributed by atoms with Crippen LogP contribution in [0.1, 0.15) is 17.2 Å². The second kappa shape index (κ2) is 8.14. The second-order valence-corrected chi connectivity index (χ2v) is 7.74. The minimum Gasteiger partial charge on any atom is -0.313 e. The number of nitrogens with one attached hydrogen (secondary N) is 1. The third kappa shape index (κ3) is 4.43. The Kier molecular flexibility index (Phi) is 6.51. The lowest BCUT2D eigenvalue weighted by atomic mass is 10.1. The van der Waals surface area contributed by atoms with Crippen LogP contribution in [0.5, 0.6) is 0 Å². The zero-order valence-electron chi connectivity index (χ0n) is 13.9. The quantitative estimate of drug-likeness (QED) is 0.766. The molecule has 3 rings (SSSR count). The summed E-state index contributed by atoms with van der Waals surface area (Å²) < 4.78 is 80.4. The number of halogens is 5. The molecule has 0 radical (unpaired) electrons. The van der Waals surface area contributed by atoms with Gasteiger partial charge in [0.05, 0.1) is 16.5 Å². The van der Waals surface area contributed by atoms with Gasteiger partial charge in [0.25, 0.3) is 0 Å². The molecular weight excluding hydrogens is 408 g/mol. The van der Waals surface area contributed by atoms with Crippen LogP contribution in [0.2, 0.25) is 0 Å². The molecule has 1 N–H and O–H groups in total. The Morgan fingerprint density at radius 1 is 1.07 bits per heavy atom. The molecule has 1 unspecified atom stereocenters. The maximum absolute atomic E-state index is 13.6. The highest BCUT2D eigenvalue weighted by Crippen LogP contribution is 2.37. The van der Waals surface area contributed by atoms with Crippen LogP contribution in [0.4, 0.5) is 17.6 Å². The summed E-state index contributed by atoms with van der Waals surface area (Å²) in [5.41, 5.74) is -0.832. The van der Waals surface area contributed by atoms with E-state index in [1.165, 1.54) is 24.3 Å². The van der Waals surface area contributed by atoms with Gasteiger partial charge in [0, 0.05) is 19.6 Å². The third-order valence-corrected chi connectivity index (χ3v) is 6.17. The first-order chi connectivity index (χ1) is 12.2. The van der Waals surface area contributed by atoms with E-state index in [9.17, 15) is 26.0 Å². The van der Waals surface area contributed by atoms with Gasteiger partial charge in [0.2, 0.25) is 10.0 Å². The van der Waals surface area contributed by atoms with Crippen molar-refractivity contribution < 1.29 is 26.0 Å². The lowest BCUT2D eigenvalue weighted by Crippen LogP contribution is -2.48. The Morgan fingerprint density at radius 2 is 1.78 bits per heavy atom. The zero-order chi connectivity index (χ0) is 18.9. The molecule has 1 atom stereocenters. The third-order valence-electron chi connectivity index (χ3n) is 4.21. The van der Waals surface area contributed by atoms with Crippen molar-refractivity contribution >= 4 is 22.4 Å². The van der Waals surface area contributed by atoms with Crippen molar-refractivity contribution in [3.8, 4) is 0 Å². The van der Waals surface area contributed by atoms with Gasteiger partial charge in [0.1, 0.15) is 5.82 Å². The van der Waals surface area contributed by atoms with Gasteiger partial charge in [-0.3, -0.25) is 0 Å². The number of benzene rings is 2. The van der Waals surface area contributed by atoms with Gasteiger partial charge in [-0.2, -0.15) is 17.5 Å². The molecule has 4 nitrogen and oxygen atoms in total. The van der Waals surface area contributed by atoms with Crippen LogP contribution in [-0.2, 0) is 16.2 Å². The fourth-order valence-corrected chi connectivity index (χ4v) is 4.85. The van der Waals surface area contributed by atoms with E-state index >= 15 is 0 Å². The Labute approximate surface area is 160 Å². The molecule has 1 aliphatic rings. The van der Waals surface area contributed by atoms with Crippen LogP contribution < -0.4 is 5.32 Å². The molecule has 0 aliphatic carbocycles. The normalized spacial score (nSPS) is 18.7. The molecule has 0 amide bonds. The van der Waals surface area contributed by atoms with E-state index in [0.717, 1.165) is 22.5 Å². The molecular formula is C17H17ClF4N2O2S. The van der Waals surface area contributed by atoms with Crippen LogP contribution in [0.3, 0.4) is 0 Å².